The van der Waals surface area contributed by atoms with E-state index in [4.69, 9.17) is 4.74 Å². The van der Waals surface area contributed by atoms with Gasteiger partial charge in [-0.25, -0.2) is 4.79 Å². The molecule has 0 rings (SSSR count). The van der Waals surface area contributed by atoms with Gasteiger partial charge in [0.2, 0.25) is 0 Å². The number of carbonyl (C=O) groups is 2. The summed E-state index contributed by atoms with van der Waals surface area (Å²) in [6.07, 6.45) is 4.80. The van der Waals surface area contributed by atoms with Crippen molar-refractivity contribution in [1.29, 1.82) is 0 Å². The molecular weight excluding hydrogens is 208 g/mol. The zero-order valence-corrected chi connectivity index (χ0v) is 10.4. The second kappa shape index (κ2) is 7.04. The van der Waals surface area contributed by atoms with Gasteiger partial charge in [-0.3, -0.25) is 4.79 Å². The van der Waals surface area contributed by atoms with Crippen LogP contribution in [0.25, 0.3) is 0 Å². The van der Waals surface area contributed by atoms with Crippen LogP contribution in [0.4, 0.5) is 0 Å². The fraction of sp³-hybridized carbons (Fsp3) is 0.667. The fourth-order valence-corrected chi connectivity index (χ4v) is 0.982. The molecule has 0 aromatic rings. The smallest absolute Gasteiger partial charge is 0.330 e. The summed E-state index contributed by atoms with van der Waals surface area (Å²) in [7, 11) is 1.36. The number of carbonyl (C=O) groups excluding carboxylic acids is 2. The van der Waals surface area contributed by atoms with Gasteiger partial charge >= 0.3 is 11.9 Å². The van der Waals surface area contributed by atoms with E-state index < -0.39 is 5.60 Å². The third kappa shape index (κ3) is 9.24. The van der Waals surface area contributed by atoms with Crippen LogP contribution in [0.15, 0.2) is 12.2 Å². The first-order valence-electron chi connectivity index (χ1n) is 5.31. The SMILES string of the molecule is COC(=O)CCC/C=C/C(=O)OC(C)(C)C. The van der Waals surface area contributed by atoms with Crippen LogP contribution in [0.5, 0.6) is 0 Å². The fourth-order valence-electron chi connectivity index (χ4n) is 0.982. The van der Waals surface area contributed by atoms with Crippen molar-refractivity contribution in [2.24, 2.45) is 0 Å². The number of allylic oxidation sites excluding steroid dienone is 1. The summed E-state index contributed by atoms with van der Waals surface area (Å²) >= 11 is 0. The van der Waals surface area contributed by atoms with Gasteiger partial charge in [-0.05, 0) is 33.6 Å². The molecule has 4 heteroatoms. The highest BCUT2D eigenvalue weighted by molar-refractivity contribution is 5.82. The van der Waals surface area contributed by atoms with Crippen LogP contribution in [0.3, 0.4) is 0 Å². The molecule has 0 aliphatic rings. The lowest BCUT2D eigenvalue weighted by atomic mass is 10.2. The third-order valence-electron chi connectivity index (χ3n) is 1.64. The maximum absolute atomic E-state index is 11.2. The first-order valence-corrected chi connectivity index (χ1v) is 5.31. The van der Waals surface area contributed by atoms with Crippen molar-refractivity contribution < 1.29 is 19.1 Å². The number of esters is 2. The van der Waals surface area contributed by atoms with Gasteiger partial charge in [0, 0.05) is 12.5 Å². The van der Waals surface area contributed by atoms with E-state index in [0.29, 0.717) is 19.3 Å². The Bertz CT molecular complexity index is 261. The van der Waals surface area contributed by atoms with Gasteiger partial charge in [0.05, 0.1) is 7.11 Å². The van der Waals surface area contributed by atoms with Crippen LogP contribution in [0, 0.1) is 0 Å². The van der Waals surface area contributed by atoms with Gasteiger partial charge in [0.25, 0.3) is 0 Å². The Labute approximate surface area is 96.6 Å². The summed E-state index contributed by atoms with van der Waals surface area (Å²) in [5.74, 6) is -0.587. The van der Waals surface area contributed by atoms with Crippen LogP contribution in [-0.2, 0) is 19.1 Å². The standard InChI is InChI=1S/C12H20O4/c1-12(2,3)16-11(14)9-7-5-6-8-10(13)15-4/h7,9H,5-6,8H2,1-4H3/b9-7+. The summed E-state index contributed by atoms with van der Waals surface area (Å²) in [5.41, 5.74) is -0.465. The molecule has 0 aliphatic carbocycles. The van der Waals surface area contributed by atoms with E-state index >= 15 is 0 Å². The number of methoxy groups -OCH3 is 1. The quantitative estimate of drug-likeness (QED) is 0.411. The number of unbranched alkanes of at least 4 members (excludes halogenated alkanes) is 1. The molecule has 92 valence electrons. The number of hydrogen-bond donors (Lipinski definition) is 0. The molecule has 0 spiro atoms. The molecule has 0 aliphatic heterocycles. The van der Waals surface area contributed by atoms with Crippen molar-refractivity contribution >= 4 is 11.9 Å². The van der Waals surface area contributed by atoms with Crippen LogP contribution in [0.2, 0.25) is 0 Å². The monoisotopic (exact) mass is 228 g/mol. The van der Waals surface area contributed by atoms with Crippen LogP contribution in [-0.4, -0.2) is 24.6 Å². The molecule has 0 saturated heterocycles. The maximum atomic E-state index is 11.2. The van der Waals surface area contributed by atoms with Crippen molar-refractivity contribution in [2.75, 3.05) is 7.11 Å². The van der Waals surface area contributed by atoms with E-state index in [1.54, 1.807) is 6.08 Å². The molecule has 0 aromatic heterocycles. The summed E-state index contributed by atoms with van der Waals surface area (Å²) in [4.78, 5) is 22.0. The topological polar surface area (TPSA) is 52.6 Å². The molecule has 0 heterocycles. The maximum Gasteiger partial charge on any atom is 0.330 e. The number of rotatable bonds is 5. The van der Waals surface area contributed by atoms with E-state index in [1.165, 1.54) is 13.2 Å². The minimum absolute atomic E-state index is 0.231. The minimum Gasteiger partial charge on any atom is -0.469 e. The van der Waals surface area contributed by atoms with Gasteiger partial charge in [0.15, 0.2) is 0 Å². The molecule has 0 radical (unpaired) electrons. The minimum atomic E-state index is -0.465. The highest BCUT2D eigenvalue weighted by Crippen LogP contribution is 2.07. The molecule has 0 amide bonds. The number of ether oxygens (including phenoxy) is 2. The highest BCUT2D eigenvalue weighted by Gasteiger charge is 2.13. The van der Waals surface area contributed by atoms with Gasteiger partial charge < -0.3 is 9.47 Å². The first-order chi connectivity index (χ1) is 7.35. The molecular formula is C12H20O4. The predicted molar refractivity (Wildman–Crippen MR) is 60.9 cm³/mol. The van der Waals surface area contributed by atoms with Crippen molar-refractivity contribution in [3.63, 3.8) is 0 Å². The van der Waals surface area contributed by atoms with Crippen LogP contribution >= 0.6 is 0 Å². The third-order valence-corrected chi connectivity index (χ3v) is 1.64. The van der Waals surface area contributed by atoms with Crippen molar-refractivity contribution in [2.45, 2.75) is 45.6 Å². The van der Waals surface area contributed by atoms with Crippen molar-refractivity contribution in [1.82, 2.24) is 0 Å². The lowest BCUT2D eigenvalue weighted by Crippen LogP contribution is -2.22. The van der Waals surface area contributed by atoms with Gasteiger partial charge in [-0.2, -0.15) is 0 Å². The Hall–Kier alpha value is -1.32. The molecule has 0 saturated carbocycles. The molecule has 4 nitrogen and oxygen atoms in total. The average molecular weight is 228 g/mol. The summed E-state index contributed by atoms with van der Waals surface area (Å²) in [6, 6.07) is 0. The zero-order valence-electron chi connectivity index (χ0n) is 10.4. The Kier molecular flexibility index (Phi) is 6.46. The first kappa shape index (κ1) is 14.7. The van der Waals surface area contributed by atoms with E-state index in [1.807, 2.05) is 20.8 Å². The Morgan fingerprint density at radius 1 is 1.25 bits per heavy atom. The molecule has 0 bridgehead atoms. The predicted octanol–water partition coefficient (Wildman–Crippen LogP) is 2.23. The lowest BCUT2D eigenvalue weighted by Gasteiger charge is -2.17. The van der Waals surface area contributed by atoms with Crippen molar-refractivity contribution in [3.8, 4) is 0 Å². The molecule has 0 N–H and O–H groups in total. The molecule has 16 heavy (non-hydrogen) atoms. The van der Waals surface area contributed by atoms with Crippen LogP contribution < -0.4 is 0 Å². The largest absolute Gasteiger partial charge is 0.469 e. The second-order valence-electron chi connectivity index (χ2n) is 4.40. The molecule has 0 fully saturated rings. The Morgan fingerprint density at radius 2 is 1.88 bits per heavy atom. The van der Waals surface area contributed by atoms with Crippen LogP contribution in [0.1, 0.15) is 40.0 Å². The second-order valence-corrected chi connectivity index (χ2v) is 4.40. The van der Waals surface area contributed by atoms with Gasteiger partial charge in [-0.15, -0.1) is 0 Å². The van der Waals surface area contributed by atoms with Gasteiger partial charge in [0.1, 0.15) is 5.60 Å². The summed E-state index contributed by atoms with van der Waals surface area (Å²) < 4.78 is 9.56. The van der Waals surface area contributed by atoms with E-state index in [9.17, 15) is 9.59 Å². The zero-order chi connectivity index (χ0) is 12.6. The van der Waals surface area contributed by atoms with Crippen molar-refractivity contribution in [3.05, 3.63) is 12.2 Å². The average Bonchev–Trinajstić information content (AvgIpc) is 2.14. The van der Waals surface area contributed by atoms with Gasteiger partial charge in [-0.1, -0.05) is 6.08 Å². The van der Waals surface area contributed by atoms with E-state index in [-0.39, 0.29) is 11.9 Å². The Morgan fingerprint density at radius 3 is 2.38 bits per heavy atom. The normalized spacial score (nSPS) is 11.5. The lowest BCUT2D eigenvalue weighted by molar-refractivity contribution is -0.148. The van der Waals surface area contributed by atoms with E-state index in [2.05, 4.69) is 4.74 Å². The number of hydrogen-bond acceptors (Lipinski definition) is 4. The molecule has 0 atom stereocenters. The van der Waals surface area contributed by atoms with E-state index in [0.717, 1.165) is 0 Å². The molecule has 0 aromatic carbocycles. The summed E-state index contributed by atoms with van der Waals surface area (Å²) in [5, 5.41) is 0. The highest BCUT2D eigenvalue weighted by atomic mass is 16.6. The molecule has 0 unspecified atom stereocenters. The summed E-state index contributed by atoms with van der Waals surface area (Å²) in [6.45, 7) is 5.45. The Balaban J connectivity index is 3.69.